The van der Waals surface area contributed by atoms with E-state index in [2.05, 4.69) is 0 Å². The van der Waals surface area contributed by atoms with Crippen molar-refractivity contribution in [1.29, 1.82) is 0 Å². The van der Waals surface area contributed by atoms with E-state index in [1.165, 1.54) is 0 Å². The van der Waals surface area contributed by atoms with Crippen molar-refractivity contribution in [2.24, 2.45) is 5.73 Å². The summed E-state index contributed by atoms with van der Waals surface area (Å²) in [5, 5.41) is 9.64. The lowest BCUT2D eigenvalue weighted by molar-refractivity contribution is -0.138. The lowest BCUT2D eigenvalue weighted by atomic mass is 10.1. The van der Waals surface area contributed by atoms with Gasteiger partial charge in [-0.3, -0.25) is 4.79 Å². The molecule has 1 atom stereocenters. The second-order valence-electron chi connectivity index (χ2n) is 3.44. The molecule has 0 aliphatic carbocycles. The van der Waals surface area contributed by atoms with Gasteiger partial charge < -0.3 is 15.3 Å². The maximum atomic E-state index is 10.6. The van der Waals surface area contributed by atoms with Crippen LogP contribution in [0.1, 0.15) is 5.56 Å². The predicted molar refractivity (Wildman–Crippen MR) is 55.5 cm³/mol. The number of fused-ring (bicyclic) bond motifs is 1. The highest BCUT2D eigenvalue weighted by molar-refractivity contribution is 5.78. The van der Waals surface area contributed by atoms with Gasteiger partial charge in [-0.1, -0.05) is 6.07 Å². The zero-order valence-corrected chi connectivity index (χ0v) is 8.01. The van der Waals surface area contributed by atoms with Gasteiger partial charge in [0.1, 0.15) is 11.6 Å². The predicted octanol–water partition coefficient (Wildman–Crippen LogP) is 1.39. The van der Waals surface area contributed by atoms with Gasteiger partial charge in [-0.15, -0.1) is 0 Å². The molecule has 4 heteroatoms. The molecule has 3 N–H and O–H groups in total. The van der Waals surface area contributed by atoms with Crippen molar-refractivity contribution in [3.8, 4) is 0 Å². The number of aliphatic carboxylic acids is 1. The molecule has 2 aromatic rings. The van der Waals surface area contributed by atoms with Crippen LogP contribution in [0.4, 0.5) is 0 Å². The highest BCUT2D eigenvalue weighted by Crippen LogP contribution is 2.17. The van der Waals surface area contributed by atoms with Crippen LogP contribution in [0.2, 0.25) is 0 Å². The quantitative estimate of drug-likeness (QED) is 0.793. The summed E-state index contributed by atoms with van der Waals surface area (Å²) in [5.74, 6) is -0.984. The van der Waals surface area contributed by atoms with Gasteiger partial charge in [-0.2, -0.15) is 0 Å². The molecule has 1 aromatic heterocycles. The average Bonchev–Trinajstić information content (AvgIpc) is 2.64. The van der Waals surface area contributed by atoms with E-state index in [1.807, 2.05) is 24.3 Å². The molecule has 0 spiro atoms. The maximum absolute atomic E-state index is 10.6. The Balaban J connectivity index is 2.24. The molecule has 4 nitrogen and oxygen atoms in total. The first kappa shape index (κ1) is 9.73. The molecule has 1 unspecified atom stereocenters. The molecule has 0 bridgehead atoms. The third-order valence-electron chi connectivity index (χ3n) is 2.29. The van der Waals surface area contributed by atoms with Crippen LogP contribution >= 0.6 is 0 Å². The van der Waals surface area contributed by atoms with E-state index < -0.39 is 12.0 Å². The van der Waals surface area contributed by atoms with Gasteiger partial charge >= 0.3 is 5.97 Å². The fourth-order valence-electron chi connectivity index (χ4n) is 1.48. The lowest BCUT2D eigenvalue weighted by Crippen LogP contribution is -2.32. The van der Waals surface area contributed by atoms with Gasteiger partial charge in [-0.25, -0.2) is 0 Å². The van der Waals surface area contributed by atoms with Crippen LogP contribution in [0.5, 0.6) is 0 Å². The highest BCUT2D eigenvalue weighted by Gasteiger charge is 2.12. The molecule has 2 rings (SSSR count). The van der Waals surface area contributed by atoms with Crippen molar-refractivity contribution in [1.82, 2.24) is 0 Å². The van der Waals surface area contributed by atoms with Crippen molar-refractivity contribution in [3.05, 3.63) is 36.1 Å². The minimum atomic E-state index is -0.984. The molecule has 1 heterocycles. The molecule has 0 saturated carbocycles. The van der Waals surface area contributed by atoms with Crippen LogP contribution in [0.3, 0.4) is 0 Å². The monoisotopic (exact) mass is 205 g/mol. The van der Waals surface area contributed by atoms with E-state index >= 15 is 0 Å². The second-order valence-corrected chi connectivity index (χ2v) is 3.44. The van der Waals surface area contributed by atoms with Crippen LogP contribution in [0.15, 0.2) is 34.9 Å². The van der Waals surface area contributed by atoms with Crippen molar-refractivity contribution >= 4 is 16.9 Å². The minimum absolute atomic E-state index is 0.330. The molecule has 0 aliphatic heterocycles. The molecular weight excluding hydrogens is 194 g/mol. The van der Waals surface area contributed by atoms with Gasteiger partial charge in [0.05, 0.1) is 6.26 Å². The van der Waals surface area contributed by atoms with Crippen LogP contribution in [-0.2, 0) is 11.2 Å². The van der Waals surface area contributed by atoms with Crippen LogP contribution in [0.25, 0.3) is 11.0 Å². The molecule has 0 aliphatic rings. The minimum Gasteiger partial charge on any atom is -0.480 e. The Kier molecular flexibility index (Phi) is 2.43. The second kappa shape index (κ2) is 3.74. The first-order valence-electron chi connectivity index (χ1n) is 4.61. The summed E-state index contributed by atoms with van der Waals surface area (Å²) in [5.41, 5.74) is 7.14. The Morgan fingerprint density at radius 3 is 3.00 bits per heavy atom. The number of rotatable bonds is 3. The summed E-state index contributed by atoms with van der Waals surface area (Å²) in [6.45, 7) is 0. The van der Waals surface area contributed by atoms with Gasteiger partial charge in [0.2, 0.25) is 0 Å². The van der Waals surface area contributed by atoms with E-state index in [1.54, 1.807) is 6.26 Å². The molecule has 0 saturated heterocycles. The summed E-state index contributed by atoms with van der Waals surface area (Å²) in [7, 11) is 0. The fourth-order valence-corrected chi connectivity index (χ4v) is 1.48. The summed E-state index contributed by atoms with van der Waals surface area (Å²) >= 11 is 0. The van der Waals surface area contributed by atoms with Crippen LogP contribution < -0.4 is 5.73 Å². The van der Waals surface area contributed by atoms with Gasteiger partial charge in [-0.05, 0) is 30.2 Å². The Bertz CT molecular complexity index is 489. The molecule has 0 fully saturated rings. The van der Waals surface area contributed by atoms with Crippen LogP contribution in [0, 0.1) is 0 Å². The molecule has 1 aromatic carbocycles. The zero-order valence-electron chi connectivity index (χ0n) is 8.01. The topological polar surface area (TPSA) is 76.5 Å². The first-order valence-corrected chi connectivity index (χ1v) is 4.61. The first-order chi connectivity index (χ1) is 7.16. The number of nitrogens with two attached hydrogens (primary N) is 1. The average molecular weight is 205 g/mol. The SMILES string of the molecule is NC(Cc1ccc2occc2c1)C(=O)O. The van der Waals surface area contributed by atoms with Gasteiger partial charge in [0.25, 0.3) is 0 Å². The van der Waals surface area contributed by atoms with Crippen molar-refractivity contribution in [3.63, 3.8) is 0 Å². The Labute approximate surface area is 86.3 Å². The smallest absolute Gasteiger partial charge is 0.320 e. The third kappa shape index (κ3) is 1.99. The molecule has 0 amide bonds. The lowest BCUT2D eigenvalue weighted by Gasteiger charge is -2.05. The Morgan fingerprint density at radius 2 is 2.27 bits per heavy atom. The van der Waals surface area contributed by atoms with E-state index in [4.69, 9.17) is 15.3 Å². The molecule has 15 heavy (non-hydrogen) atoms. The third-order valence-corrected chi connectivity index (χ3v) is 2.29. The number of furan rings is 1. The van der Waals surface area contributed by atoms with Gasteiger partial charge in [0.15, 0.2) is 0 Å². The van der Waals surface area contributed by atoms with Crippen molar-refractivity contribution < 1.29 is 14.3 Å². The van der Waals surface area contributed by atoms with E-state index in [0.29, 0.717) is 6.42 Å². The summed E-state index contributed by atoms with van der Waals surface area (Å²) in [4.78, 5) is 10.6. The standard InChI is InChI=1S/C11H11NO3/c12-9(11(13)14)6-7-1-2-10-8(5-7)3-4-15-10/h1-5,9H,6,12H2,(H,13,14). The van der Waals surface area contributed by atoms with Crippen LogP contribution in [-0.4, -0.2) is 17.1 Å². The number of carboxylic acid groups (broad SMARTS) is 1. The number of hydrogen-bond acceptors (Lipinski definition) is 3. The summed E-state index contributed by atoms with van der Waals surface area (Å²) in [6, 6.07) is 6.52. The summed E-state index contributed by atoms with van der Waals surface area (Å²) < 4.78 is 5.18. The Hall–Kier alpha value is -1.81. The van der Waals surface area contributed by atoms with E-state index in [0.717, 1.165) is 16.5 Å². The normalized spacial score (nSPS) is 12.9. The van der Waals surface area contributed by atoms with Crippen molar-refractivity contribution in [2.75, 3.05) is 0 Å². The zero-order chi connectivity index (χ0) is 10.8. The van der Waals surface area contributed by atoms with E-state index in [9.17, 15) is 4.79 Å². The molecule has 0 radical (unpaired) electrons. The summed E-state index contributed by atoms with van der Waals surface area (Å²) in [6.07, 6.45) is 1.93. The van der Waals surface area contributed by atoms with Crippen molar-refractivity contribution in [2.45, 2.75) is 12.5 Å². The molecule has 78 valence electrons. The molecular formula is C11H11NO3. The maximum Gasteiger partial charge on any atom is 0.320 e. The number of benzene rings is 1. The fraction of sp³-hybridized carbons (Fsp3) is 0.182. The number of carboxylic acids is 1. The Morgan fingerprint density at radius 1 is 1.47 bits per heavy atom. The van der Waals surface area contributed by atoms with E-state index in [-0.39, 0.29) is 0 Å². The number of carbonyl (C=O) groups is 1. The number of hydrogen-bond donors (Lipinski definition) is 2. The highest BCUT2D eigenvalue weighted by atomic mass is 16.4. The van der Waals surface area contributed by atoms with Gasteiger partial charge in [0, 0.05) is 5.39 Å². The largest absolute Gasteiger partial charge is 0.480 e.